The van der Waals surface area contributed by atoms with E-state index in [4.69, 9.17) is 9.84 Å². The zero-order chi connectivity index (χ0) is 16.4. The Labute approximate surface area is 133 Å². The van der Waals surface area contributed by atoms with Gasteiger partial charge in [0.05, 0.1) is 0 Å². The number of benzene rings is 2. The van der Waals surface area contributed by atoms with Crippen molar-refractivity contribution in [3.05, 3.63) is 59.7 Å². The molecule has 1 aliphatic rings. The molecule has 0 radical (unpaired) electrons. The van der Waals surface area contributed by atoms with Crippen LogP contribution in [0.25, 0.3) is 11.1 Å². The van der Waals surface area contributed by atoms with Gasteiger partial charge in [0, 0.05) is 5.92 Å². The largest absolute Gasteiger partial charge is 0.480 e. The fourth-order valence-corrected chi connectivity index (χ4v) is 3.13. The van der Waals surface area contributed by atoms with Crippen molar-refractivity contribution >= 4 is 12.1 Å². The summed E-state index contributed by atoms with van der Waals surface area (Å²) >= 11 is 0. The summed E-state index contributed by atoms with van der Waals surface area (Å²) in [5.74, 6) is -1.16. The molecule has 1 aliphatic carbocycles. The third-order valence-corrected chi connectivity index (χ3v) is 4.03. The second-order valence-corrected chi connectivity index (χ2v) is 5.51. The lowest BCUT2D eigenvalue weighted by atomic mass is 9.92. The average Bonchev–Trinajstić information content (AvgIpc) is 2.87. The van der Waals surface area contributed by atoms with Gasteiger partial charge in [0.15, 0.2) is 0 Å². The first-order valence-corrected chi connectivity index (χ1v) is 7.42. The summed E-state index contributed by atoms with van der Waals surface area (Å²) in [7, 11) is 0. The maximum Gasteiger partial charge on any atom is 0.407 e. The minimum Gasteiger partial charge on any atom is -0.480 e. The van der Waals surface area contributed by atoms with E-state index >= 15 is 0 Å². The molecule has 1 amide bonds. The summed E-state index contributed by atoms with van der Waals surface area (Å²) < 4.78 is 5.39. The Kier molecular flexibility index (Phi) is 4.02. The van der Waals surface area contributed by atoms with Gasteiger partial charge in [-0.05, 0) is 29.2 Å². The molecule has 0 unspecified atom stereocenters. The van der Waals surface area contributed by atoms with Gasteiger partial charge in [-0.3, -0.25) is 4.79 Å². The lowest BCUT2D eigenvalue weighted by Crippen LogP contribution is -2.33. The molecule has 0 saturated carbocycles. The summed E-state index contributed by atoms with van der Waals surface area (Å²) in [6, 6.07) is 16.1. The molecule has 0 aromatic heterocycles. The van der Waals surface area contributed by atoms with Crippen LogP contribution < -0.4 is 5.32 Å². The second kappa shape index (κ2) is 6.12. The molecule has 118 valence electrons. The number of fused-ring (bicyclic) bond motifs is 3. The first-order chi connectivity index (χ1) is 11.1. The van der Waals surface area contributed by atoms with E-state index in [0.717, 1.165) is 22.3 Å². The van der Waals surface area contributed by atoms with E-state index in [1.54, 1.807) is 0 Å². The molecule has 5 nitrogen and oxygen atoms in total. The van der Waals surface area contributed by atoms with Crippen LogP contribution >= 0.6 is 0 Å². The average molecular weight is 311 g/mol. The molecule has 0 spiro atoms. The van der Waals surface area contributed by atoms with Gasteiger partial charge in [0.1, 0.15) is 12.6 Å². The minimum atomic E-state index is -1.11. The quantitative estimate of drug-likeness (QED) is 0.910. The number of aliphatic carboxylic acids is 1. The molecular weight excluding hydrogens is 294 g/mol. The van der Waals surface area contributed by atoms with Crippen LogP contribution in [0.5, 0.6) is 0 Å². The van der Waals surface area contributed by atoms with Crippen molar-refractivity contribution in [3.8, 4) is 11.1 Å². The van der Waals surface area contributed by atoms with Crippen LogP contribution in [0, 0.1) is 0 Å². The summed E-state index contributed by atoms with van der Waals surface area (Å²) in [6.07, 6.45) is -1.13. The Hall–Kier alpha value is -2.82. The number of hydrogen-bond donors (Lipinski definition) is 2. The Morgan fingerprint density at radius 1 is 1.09 bits per heavy atom. The zero-order valence-electron chi connectivity index (χ0n) is 12.7. The highest BCUT2D eigenvalue weighted by molar-refractivity contribution is 5.80. The maximum atomic E-state index is 11.7. The Morgan fingerprint density at radius 3 is 2.13 bits per heavy atom. The summed E-state index contributed by atoms with van der Waals surface area (Å²) in [4.78, 5) is 22.2. The number of amides is 1. The standard InChI is InChI=1S/C18H17NO4/c1-11(23-18(22)19-10-16(20)21)17-14-8-4-2-6-12(14)13-7-3-5-9-15(13)17/h2-9,11,17H,10H2,1H3,(H,19,22)(H,20,21)/t11-/m1/s1. The van der Waals surface area contributed by atoms with E-state index in [1.807, 2.05) is 43.3 Å². The molecule has 3 rings (SSSR count). The number of carbonyl (C=O) groups is 2. The Morgan fingerprint density at radius 2 is 1.61 bits per heavy atom. The van der Waals surface area contributed by atoms with Gasteiger partial charge in [0.2, 0.25) is 0 Å². The monoisotopic (exact) mass is 311 g/mol. The number of carboxylic acid groups (broad SMARTS) is 1. The SMILES string of the molecule is C[C@@H](OC(=O)NCC(=O)O)C1c2ccccc2-c2ccccc21. The molecule has 0 aliphatic heterocycles. The summed E-state index contributed by atoms with van der Waals surface area (Å²) in [5, 5.41) is 10.8. The van der Waals surface area contributed by atoms with Crippen LogP contribution in [-0.2, 0) is 9.53 Å². The molecule has 23 heavy (non-hydrogen) atoms. The van der Waals surface area contributed by atoms with Crippen molar-refractivity contribution in [3.63, 3.8) is 0 Å². The predicted octanol–water partition coefficient (Wildman–Crippen LogP) is 3.00. The Bertz CT molecular complexity index is 711. The van der Waals surface area contributed by atoms with Crippen LogP contribution in [0.3, 0.4) is 0 Å². The van der Waals surface area contributed by atoms with E-state index in [9.17, 15) is 9.59 Å². The third kappa shape index (κ3) is 2.90. The van der Waals surface area contributed by atoms with Crippen LogP contribution in [0.1, 0.15) is 24.0 Å². The van der Waals surface area contributed by atoms with Gasteiger partial charge < -0.3 is 15.2 Å². The highest BCUT2D eigenvalue weighted by atomic mass is 16.6. The van der Waals surface area contributed by atoms with Crippen molar-refractivity contribution in [1.82, 2.24) is 5.32 Å². The minimum absolute atomic E-state index is 0.0574. The van der Waals surface area contributed by atoms with E-state index < -0.39 is 24.7 Å². The highest BCUT2D eigenvalue weighted by Crippen LogP contribution is 2.46. The molecule has 0 saturated heterocycles. The van der Waals surface area contributed by atoms with E-state index in [1.165, 1.54) is 0 Å². The number of carboxylic acids is 1. The van der Waals surface area contributed by atoms with E-state index in [0.29, 0.717) is 0 Å². The molecule has 2 aromatic rings. The van der Waals surface area contributed by atoms with Crippen LogP contribution in [0.2, 0.25) is 0 Å². The molecule has 0 heterocycles. The van der Waals surface area contributed by atoms with Crippen LogP contribution in [0.4, 0.5) is 4.79 Å². The van der Waals surface area contributed by atoms with Gasteiger partial charge in [-0.1, -0.05) is 48.5 Å². The van der Waals surface area contributed by atoms with Gasteiger partial charge >= 0.3 is 12.1 Å². The van der Waals surface area contributed by atoms with Crippen molar-refractivity contribution in [2.45, 2.75) is 18.9 Å². The second-order valence-electron chi connectivity index (χ2n) is 5.51. The smallest absolute Gasteiger partial charge is 0.407 e. The summed E-state index contributed by atoms with van der Waals surface area (Å²) in [6.45, 7) is 1.37. The molecular formula is C18H17NO4. The molecule has 2 N–H and O–H groups in total. The molecule has 0 fully saturated rings. The van der Waals surface area contributed by atoms with Crippen molar-refractivity contribution in [1.29, 1.82) is 0 Å². The summed E-state index contributed by atoms with van der Waals surface area (Å²) in [5.41, 5.74) is 4.53. The molecule has 5 heteroatoms. The van der Waals surface area contributed by atoms with Gasteiger partial charge in [-0.2, -0.15) is 0 Å². The van der Waals surface area contributed by atoms with Gasteiger partial charge in [-0.25, -0.2) is 4.79 Å². The number of ether oxygens (including phenoxy) is 1. The zero-order valence-corrected chi connectivity index (χ0v) is 12.7. The number of alkyl carbamates (subject to hydrolysis) is 1. The molecule has 0 bridgehead atoms. The number of hydrogen-bond acceptors (Lipinski definition) is 3. The molecule has 2 aromatic carbocycles. The first-order valence-electron chi connectivity index (χ1n) is 7.42. The van der Waals surface area contributed by atoms with Crippen LogP contribution in [0.15, 0.2) is 48.5 Å². The number of carbonyl (C=O) groups excluding carboxylic acids is 1. The van der Waals surface area contributed by atoms with E-state index in [2.05, 4.69) is 17.4 Å². The predicted molar refractivity (Wildman–Crippen MR) is 85.3 cm³/mol. The van der Waals surface area contributed by atoms with Crippen molar-refractivity contribution < 1.29 is 19.4 Å². The lowest BCUT2D eigenvalue weighted by molar-refractivity contribution is -0.135. The number of rotatable bonds is 4. The Balaban J connectivity index is 1.84. The number of nitrogens with one attached hydrogen (secondary N) is 1. The maximum absolute atomic E-state index is 11.7. The first kappa shape index (κ1) is 15.1. The van der Waals surface area contributed by atoms with E-state index in [-0.39, 0.29) is 5.92 Å². The molecule has 1 atom stereocenters. The van der Waals surface area contributed by atoms with Crippen molar-refractivity contribution in [2.75, 3.05) is 6.54 Å². The topological polar surface area (TPSA) is 75.6 Å². The normalized spacial score (nSPS) is 13.8. The third-order valence-electron chi connectivity index (χ3n) is 4.03. The lowest BCUT2D eigenvalue weighted by Gasteiger charge is -2.22. The van der Waals surface area contributed by atoms with Gasteiger partial charge in [-0.15, -0.1) is 0 Å². The van der Waals surface area contributed by atoms with Gasteiger partial charge in [0.25, 0.3) is 0 Å². The van der Waals surface area contributed by atoms with Crippen molar-refractivity contribution in [2.24, 2.45) is 0 Å². The fourth-order valence-electron chi connectivity index (χ4n) is 3.13. The highest BCUT2D eigenvalue weighted by Gasteiger charge is 2.33. The fraction of sp³-hybridized carbons (Fsp3) is 0.222. The van der Waals surface area contributed by atoms with Crippen LogP contribution in [-0.4, -0.2) is 29.8 Å².